The van der Waals surface area contributed by atoms with Gasteiger partial charge in [-0.15, -0.1) is 10.2 Å². The van der Waals surface area contributed by atoms with E-state index in [1.54, 1.807) is 23.1 Å². The van der Waals surface area contributed by atoms with Gasteiger partial charge in [-0.2, -0.15) is 0 Å². The second kappa shape index (κ2) is 8.34. The van der Waals surface area contributed by atoms with Gasteiger partial charge in [-0.25, -0.2) is 0 Å². The molecule has 0 saturated heterocycles. The van der Waals surface area contributed by atoms with Crippen LogP contribution in [0.5, 0.6) is 0 Å². The second-order valence-corrected chi connectivity index (χ2v) is 7.20. The summed E-state index contributed by atoms with van der Waals surface area (Å²) in [5.41, 5.74) is 0. The summed E-state index contributed by atoms with van der Waals surface area (Å²) in [6.45, 7) is 7.75. The molecule has 0 bridgehead atoms. The Kier molecular flexibility index (Phi) is 7.50. The molecule has 0 aromatic carbocycles. The lowest BCUT2D eigenvalue weighted by molar-refractivity contribution is 0.404. The zero-order valence-corrected chi connectivity index (χ0v) is 13.3. The highest BCUT2D eigenvalue weighted by Crippen LogP contribution is 2.28. The quantitative estimate of drug-likeness (QED) is 0.743. The fraction of sp³-hybridized carbons (Fsp3) is 0.818. The van der Waals surface area contributed by atoms with Gasteiger partial charge in [0, 0.05) is 11.8 Å². The molecular formula is C11H21N3S3. The number of rotatable bonds is 8. The van der Waals surface area contributed by atoms with Crippen LogP contribution in [0.2, 0.25) is 0 Å². The van der Waals surface area contributed by atoms with E-state index in [1.807, 2.05) is 18.0 Å². The van der Waals surface area contributed by atoms with E-state index >= 15 is 0 Å². The predicted molar refractivity (Wildman–Crippen MR) is 79.3 cm³/mol. The van der Waals surface area contributed by atoms with E-state index in [0.717, 1.165) is 21.0 Å². The highest BCUT2D eigenvalue weighted by Gasteiger charge is 2.16. The second-order valence-electron chi connectivity index (χ2n) is 3.90. The van der Waals surface area contributed by atoms with Crippen LogP contribution in [0.1, 0.15) is 27.2 Å². The highest BCUT2D eigenvalue weighted by atomic mass is 32.2. The van der Waals surface area contributed by atoms with Crippen molar-refractivity contribution < 1.29 is 0 Å². The SMILES string of the molecule is CCNC(CSc1nnc(SC)s1)C(C)CC. The first-order valence-electron chi connectivity index (χ1n) is 5.94. The van der Waals surface area contributed by atoms with Gasteiger partial charge in [0.15, 0.2) is 8.68 Å². The van der Waals surface area contributed by atoms with E-state index in [1.165, 1.54) is 6.42 Å². The molecule has 1 aromatic rings. The fourth-order valence-electron chi connectivity index (χ4n) is 1.47. The molecule has 1 N–H and O–H groups in total. The molecule has 98 valence electrons. The molecular weight excluding hydrogens is 270 g/mol. The van der Waals surface area contributed by atoms with E-state index in [-0.39, 0.29) is 0 Å². The minimum atomic E-state index is 0.566. The molecule has 0 radical (unpaired) electrons. The summed E-state index contributed by atoms with van der Waals surface area (Å²) < 4.78 is 2.14. The van der Waals surface area contributed by atoms with Crippen molar-refractivity contribution in [3.63, 3.8) is 0 Å². The molecule has 0 amide bonds. The van der Waals surface area contributed by atoms with Crippen molar-refractivity contribution in [3.05, 3.63) is 0 Å². The lowest BCUT2D eigenvalue weighted by Crippen LogP contribution is -2.36. The molecule has 0 aliphatic rings. The predicted octanol–water partition coefficient (Wildman–Crippen LogP) is 3.38. The van der Waals surface area contributed by atoms with Crippen molar-refractivity contribution in [2.45, 2.75) is 41.9 Å². The minimum absolute atomic E-state index is 0.566. The topological polar surface area (TPSA) is 37.8 Å². The Hall–Kier alpha value is 0.220. The van der Waals surface area contributed by atoms with E-state index in [0.29, 0.717) is 12.0 Å². The monoisotopic (exact) mass is 291 g/mol. The zero-order valence-electron chi connectivity index (χ0n) is 10.9. The number of nitrogens with zero attached hydrogens (tertiary/aromatic N) is 2. The first-order valence-corrected chi connectivity index (χ1v) is 8.97. The van der Waals surface area contributed by atoms with Gasteiger partial charge in [-0.1, -0.05) is 62.1 Å². The lowest BCUT2D eigenvalue weighted by atomic mass is 10.0. The third kappa shape index (κ3) is 5.16. The number of hydrogen-bond donors (Lipinski definition) is 1. The van der Waals surface area contributed by atoms with Crippen LogP contribution in [0.25, 0.3) is 0 Å². The molecule has 1 rings (SSSR count). The summed E-state index contributed by atoms with van der Waals surface area (Å²) in [5.74, 6) is 1.78. The first kappa shape index (κ1) is 15.3. The van der Waals surface area contributed by atoms with Gasteiger partial charge in [-0.05, 0) is 18.7 Å². The maximum absolute atomic E-state index is 4.19. The minimum Gasteiger partial charge on any atom is -0.313 e. The molecule has 6 heteroatoms. The maximum atomic E-state index is 4.19. The molecule has 0 saturated carbocycles. The Labute approximate surface area is 117 Å². The van der Waals surface area contributed by atoms with E-state index in [2.05, 4.69) is 36.3 Å². The van der Waals surface area contributed by atoms with Crippen LogP contribution in [0.3, 0.4) is 0 Å². The van der Waals surface area contributed by atoms with Crippen molar-refractivity contribution in [1.29, 1.82) is 0 Å². The van der Waals surface area contributed by atoms with Crippen molar-refractivity contribution in [3.8, 4) is 0 Å². The summed E-state index contributed by atoms with van der Waals surface area (Å²) in [5, 5.41) is 11.9. The van der Waals surface area contributed by atoms with Gasteiger partial charge in [0.1, 0.15) is 0 Å². The fourth-order valence-corrected chi connectivity index (χ4v) is 4.18. The number of hydrogen-bond acceptors (Lipinski definition) is 6. The van der Waals surface area contributed by atoms with Crippen LogP contribution in [0.15, 0.2) is 8.68 Å². The Morgan fingerprint density at radius 3 is 2.53 bits per heavy atom. The number of thioether (sulfide) groups is 2. The zero-order chi connectivity index (χ0) is 12.7. The summed E-state index contributed by atoms with van der Waals surface area (Å²) in [6.07, 6.45) is 3.25. The molecule has 0 fully saturated rings. The summed E-state index contributed by atoms with van der Waals surface area (Å²) in [4.78, 5) is 0. The van der Waals surface area contributed by atoms with Gasteiger partial charge in [0.2, 0.25) is 0 Å². The average molecular weight is 292 g/mol. The number of nitrogens with one attached hydrogen (secondary N) is 1. The van der Waals surface area contributed by atoms with Gasteiger partial charge in [0.05, 0.1) is 0 Å². The Bertz CT molecular complexity index is 317. The van der Waals surface area contributed by atoms with Crippen molar-refractivity contribution in [2.75, 3.05) is 18.6 Å². The standard InChI is InChI=1S/C11H21N3S3/c1-5-8(3)9(12-6-2)7-16-11-14-13-10(15-4)17-11/h8-9,12H,5-7H2,1-4H3. The molecule has 2 unspecified atom stereocenters. The van der Waals surface area contributed by atoms with Gasteiger partial charge >= 0.3 is 0 Å². The summed E-state index contributed by atoms with van der Waals surface area (Å²) >= 11 is 5.17. The largest absolute Gasteiger partial charge is 0.313 e. The normalized spacial score (nSPS) is 14.8. The van der Waals surface area contributed by atoms with Gasteiger partial charge in [0.25, 0.3) is 0 Å². The maximum Gasteiger partial charge on any atom is 0.175 e. The molecule has 0 aliphatic carbocycles. The van der Waals surface area contributed by atoms with Crippen LogP contribution in [0, 0.1) is 5.92 Å². The molecule has 0 aliphatic heterocycles. The van der Waals surface area contributed by atoms with Crippen LogP contribution < -0.4 is 5.32 Å². The molecule has 1 heterocycles. The van der Waals surface area contributed by atoms with Crippen molar-refractivity contribution >= 4 is 34.9 Å². The van der Waals surface area contributed by atoms with Crippen molar-refractivity contribution in [1.82, 2.24) is 15.5 Å². The molecule has 17 heavy (non-hydrogen) atoms. The summed E-state index contributed by atoms with van der Waals surface area (Å²) in [7, 11) is 0. The van der Waals surface area contributed by atoms with Crippen LogP contribution >= 0.6 is 34.9 Å². The van der Waals surface area contributed by atoms with Crippen LogP contribution in [0.4, 0.5) is 0 Å². The molecule has 1 aromatic heterocycles. The smallest absolute Gasteiger partial charge is 0.175 e. The van der Waals surface area contributed by atoms with E-state index in [9.17, 15) is 0 Å². The lowest BCUT2D eigenvalue weighted by Gasteiger charge is -2.22. The summed E-state index contributed by atoms with van der Waals surface area (Å²) in [6, 6.07) is 0.566. The Morgan fingerprint density at radius 2 is 2.00 bits per heavy atom. The van der Waals surface area contributed by atoms with E-state index < -0.39 is 0 Å². The van der Waals surface area contributed by atoms with Crippen LogP contribution in [-0.4, -0.2) is 34.8 Å². The van der Waals surface area contributed by atoms with Gasteiger partial charge < -0.3 is 5.32 Å². The Balaban J connectivity index is 2.45. The van der Waals surface area contributed by atoms with E-state index in [4.69, 9.17) is 0 Å². The average Bonchev–Trinajstić information content (AvgIpc) is 2.81. The molecule has 2 atom stereocenters. The first-order chi connectivity index (χ1) is 8.21. The Morgan fingerprint density at radius 1 is 1.29 bits per heavy atom. The third-order valence-corrected chi connectivity index (χ3v) is 5.90. The number of aromatic nitrogens is 2. The van der Waals surface area contributed by atoms with Crippen molar-refractivity contribution in [2.24, 2.45) is 5.92 Å². The van der Waals surface area contributed by atoms with Gasteiger partial charge in [-0.3, -0.25) is 0 Å². The van der Waals surface area contributed by atoms with Crippen LogP contribution in [-0.2, 0) is 0 Å². The highest BCUT2D eigenvalue weighted by molar-refractivity contribution is 8.03. The molecule has 0 spiro atoms. The third-order valence-electron chi connectivity index (χ3n) is 2.75. The molecule has 3 nitrogen and oxygen atoms in total.